The zero-order valence-corrected chi connectivity index (χ0v) is 17.2. The zero-order chi connectivity index (χ0) is 19.8. The molecule has 0 unspecified atom stereocenters. The van der Waals surface area contributed by atoms with Crippen molar-refractivity contribution in [2.75, 3.05) is 39.3 Å². The maximum atomic E-state index is 12.5. The molecule has 1 fully saturated rings. The van der Waals surface area contributed by atoms with Crippen molar-refractivity contribution < 1.29 is 4.79 Å². The van der Waals surface area contributed by atoms with Gasteiger partial charge in [-0.3, -0.25) is 9.69 Å². The summed E-state index contributed by atoms with van der Waals surface area (Å²) in [4.78, 5) is 17.1. The molecule has 4 heteroatoms. The molecule has 0 spiro atoms. The smallest absolute Gasteiger partial charge is 0.223 e. The molecule has 3 rings (SSSR count). The summed E-state index contributed by atoms with van der Waals surface area (Å²) < 4.78 is 0. The fourth-order valence-electron chi connectivity index (χ4n) is 3.86. The minimum absolute atomic E-state index is 0.243. The van der Waals surface area contributed by atoms with E-state index in [9.17, 15) is 4.79 Å². The van der Waals surface area contributed by atoms with Crippen LogP contribution in [0.5, 0.6) is 0 Å². The van der Waals surface area contributed by atoms with Gasteiger partial charge in [0, 0.05) is 39.1 Å². The van der Waals surface area contributed by atoms with Gasteiger partial charge in [-0.15, -0.1) is 0 Å². The first-order valence-electron chi connectivity index (χ1n) is 10.5. The predicted octanol–water partition coefficient (Wildman–Crippen LogP) is 3.56. The van der Waals surface area contributed by atoms with Gasteiger partial charge in [0.05, 0.1) is 6.04 Å². The molecule has 2 aromatic carbocycles. The van der Waals surface area contributed by atoms with E-state index in [2.05, 4.69) is 84.7 Å². The van der Waals surface area contributed by atoms with Gasteiger partial charge < -0.3 is 10.2 Å². The molecule has 0 radical (unpaired) electrons. The number of hydrogen-bond donors (Lipinski definition) is 1. The molecule has 1 saturated heterocycles. The van der Waals surface area contributed by atoms with Gasteiger partial charge in [-0.05, 0) is 23.6 Å². The van der Waals surface area contributed by atoms with Gasteiger partial charge in [0.15, 0.2) is 0 Å². The Labute approximate surface area is 169 Å². The highest BCUT2D eigenvalue weighted by Gasteiger charge is 2.27. The van der Waals surface area contributed by atoms with E-state index in [-0.39, 0.29) is 11.9 Å². The number of nitrogens with zero attached hydrogens (tertiary/aromatic N) is 2. The number of benzene rings is 2. The lowest BCUT2D eigenvalue weighted by molar-refractivity contribution is -0.133. The van der Waals surface area contributed by atoms with Crippen molar-refractivity contribution in [3.05, 3.63) is 71.8 Å². The van der Waals surface area contributed by atoms with Crippen molar-refractivity contribution in [3.63, 3.8) is 0 Å². The predicted molar refractivity (Wildman–Crippen MR) is 115 cm³/mol. The fraction of sp³-hybridized carbons (Fsp3) is 0.458. The summed E-state index contributed by atoms with van der Waals surface area (Å²) in [6, 6.07) is 21.6. The van der Waals surface area contributed by atoms with Crippen LogP contribution in [0.15, 0.2) is 60.7 Å². The topological polar surface area (TPSA) is 35.6 Å². The first-order chi connectivity index (χ1) is 13.6. The molecule has 150 valence electrons. The van der Waals surface area contributed by atoms with Crippen LogP contribution in [0.2, 0.25) is 0 Å². The van der Waals surface area contributed by atoms with Crippen LogP contribution in [0.3, 0.4) is 0 Å². The molecule has 0 aliphatic carbocycles. The fourth-order valence-corrected chi connectivity index (χ4v) is 3.86. The van der Waals surface area contributed by atoms with E-state index >= 15 is 0 Å². The van der Waals surface area contributed by atoms with Gasteiger partial charge in [0.2, 0.25) is 5.91 Å². The largest absolute Gasteiger partial charge is 0.340 e. The minimum atomic E-state index is 0.243. The second-order valence-electron chi connectivity index (χ2n) is 7.99. The van der Waals surface area contributed by atoms with Gasteiger partial charge in [-0.2, -0.15) is 0 Å². The Kier molecular flexibility index (Phi) is 7.63. The van der Waals surface area contributed by atoms with E-state index in [1.54, 1.807) is 0 Å². The first kappa shape index (κ1) is 20.6. The molecule has 1 amide bonds. The van der Waals surface area contributed by atoms with E-state index in [0.29, 0.717) is 12.3 Å². The third-order valence-electron chi connectivity index (χ3n) is 5.33. The van der Waals surface area contributed by atoms with E-state index in [1.165, 1.54) is 11.1 Å². The van der Waals surface area contributed by atoms with Crippen molar-refractivity contribution in [1.29, 1.82) is 0 Å². The summed E-state index contributed by atoms with van der Waals surface area (Å²) in [5.41, 5.74) is 2.62. The molecular formula is C24H33N3O. The average molecular weight is 380 g/mol. The lowest BCUT2D eigenvalue weighted by Gasteiger charge is -2.40. The molecule has 0 atom stereocenters. The summed E-state index contributed by atoms with van der Waals surface area (Å²) in [6.45, 7) is 9.52. The summed E-state index contributed by atoms with van der Waals surface area (Å²) in [5, 5.41) is 3.37. The van der Waals surface area contributed by atoms with Gasteiger partial charge in [-0.1, -0.05) is 74.5 Å². The molecule has 4 nitrogen and oxygen atoms in total. The lowest BCUT2D eigenvalue weighted by Crippen LogP contribution is -2.50. The van der Waals surface area contributed by atoms with Crippen LogP contribution in [-0.2, 0) is 4.79 Å². The quantitative estimate of drug-likeness (QED) is 0.713. The number of nitrogens with one attached hydrogen (secondary N) is 1. The summed E-state index contributed by atoms with van der Waals surface area (Å²) >= 11 is 0. The standard InChI is InChI=1S/C24H33N3O/c1-20(2)19-25-14-13-23(28)26-15-17-27(18-16-26)24(21-9-5-3-6-10-21)22-11-7-4-8-12-22/h3-12,20,24-25H,13-19H2,1-2H3. The first-order valence-corrected chi connectivity index (χ1v) is 10.5. The van der Waals surface area contributed by atoms with Crippen LogP contribution in [0.1, 0.15) is 37.4 Å². The number of rotatable bonds is 8. The molecule has 0 saturated carbocycles. The Morgan fingerprint density at radius 2 is 1.43 bits per heavy atom. The number of carbonyl (C=O) groups excluding carboxylic acids is 1. The number of carbonyl (C=O) groups is 1. The van der Waals surface area contributed by atoms with Crippen molar-refractivity contribution in [3.8, 4) is 0 Å². The monoisotopic (exact) mass is 379 g/mol. The van der Waals surface area contributed by atoms with Crippen molar-refractivity contribution in [1.82, 2.24) is 15.1 Å². The molecule has 0 aromatic heterocycles. The molecule has 1 N–H and O–H groups in total. The highest BCUT2D eigenvalue weighted by molar-refractivity contribution is 5.76. The molecular weight excluding hydrogens is 346 g/mol. The third kappa shape index (κ3) is 5.66. The Morgan fingerprint density at radius 1 is 0.893 bits per heavy atom. The average Bonchev–Trinajstić information content (AvgIpc) is 2.73. The lowest BCUT2D eigenvalue weighted by atomic mass is 9.96. The molecule has 2 aromatic rings. The maximum absolute atomic E-state index is 12.5. The summed E-state index contributed by atoms with van der Waals surface area (Å²) in [5.74, 6) is 0.887. The normalized spacial score (nSPS) is 15.4. The van der Waals surface area contributed by atoms with E-state index in [0.717, 1.165) is 39.3 Å². The zero-order valence-electron chi connectivity index (χ0n) is 17.2. The highest BCUT2D eigenvalue weighted by atomic mass is 16.2. The summed E-state index contributed by atoms with van der Waals surface area (Å²) in [7, 11) is 0. The van der Waals surface area contributed by atoms with E-state index < -0.39 is 0 Å². The Hall–Kier alpha value is -2.17. The number of hydrogen-bond acceptors (Lipinski definition) is 3. The molecule has 1 heterocycles. The molecule has 0 bridgehead atoms. The third-order valence-corrected chi connectivity index (χ3v) is 5.33. The Bertz CT molecular complexity index is 670. The number of amides is 1. The molecule has 28 heavy (non-hydrogen) atoms. The minimum Gasteiger partial charge on any atom is -0.340 e. The van der Waals surface area contributed by atoms with Crippen LogP contribution in [0.25, 0.3) is 0 Å². The van der Waals surface area contributed by atoms with Crippen molar-refractivity contribution in [2.45, 2.75) is 26.3 Å². The second-order valence-corrected chi connectivity index (χ2v) is 7.99. The molecule has 1 aliphatic heterocycles. The van der Waals surface area contributed by atoms with Gasteiger partial charge >= 0.3 is 0 Å². The van der Waals surface area contributed by atoms with Gasteiger partial charge in [0.25, 0.3) is 0 Å². The second kappa shape index (κ2) is 10.4. The Balaban J connectivity index is 1.59. The van der Waals surface area contributed by atoms with E-state index in [1.807, 2.05) is 4.90 Å². The summed E-state index contributed by atoms with van der Waals surface area (Å²) in [6.07, 6.45) is 0.591. The van der Waals surface area contributed by atoms with Gasteiger partial charge in [-0.25, -0.2) is 0 Å². The molecule has 1 aliphatic rings. The van der Waals surface area contributed by atoms with Crippen LogP contribution >= 0.6 is 0 Å². The van der Waals surface area contributed by atoms with Crippen molar-refractivity contribution in [2.24, 2.45) is 5.92 Å². The maximum Gasteiger partial charge on any atom is 0.223 e. The van der Waals surface area contributed by atoms with Crippen LogP contribution in [0, 0.1) is 5.92 Å². The Morgan fingerprint density at radius 3 is 1.93 bits per heavy atom. The number of piperazine rings is 1. The van der Waals surface area contributed by atoms with Gasteiger partial charge in [0.1, 0.15) is 0 Å². The van der Waals surface area contributed by atoms with E-state index in [4.69, 9.17) is 0 Å². The SMILES string of the molecule is CC(C)CNCCC(=O)N1CCN(C(c2ccccc2)c2ccccc2)CC1. The van der Waals surface area contributed by atoms with Crippen molar-refractivity contribution >= 4 is 5.91 Å². The van der Waals surface area contributed by atoms with Crippen LogP contribution in [0.4, 0.5) is 0 Å². The van der Waals surface area contributed by atoms with Crippen LogP contribution in [-0.4, -0.2) is 55.0 Å². The highest BCUT2D eigenvalue weighted by Crippen LogP contribution is 2.29. The van der Waals surface area contributed by atoms with Crippen LogP contribution < -0.4 is 5.32 Å².